The zero-order valence-corrected chi connectivity index (χ0v) is 11.5. The van der Waals surface area contributed by atoms with E-state index in [9.17, 15) is 4.79 Å². The molecule has 1 fully saturated rings. The van der Waals surface area contributed by atoms with Crippen molar-refractivity contribution in [3.05, 3.63) is 28.2 Å². The third-order valence-corrected chi connectivity index (χ3v) is 3.98. The minimum Gasteiger partial charge on any atom is -0.328 e. The fourth-order valence-corrected chi connectivity index (χ4v) is 2.72. The van der Waals surface area contributed by atoms with Crippen molar-refractivity contribution in [3.63, 3.8) is 0 Å². The van der Waals surface area contributed by atoms with Crippen LogP contribution in [-0.2, 0) is 4.79 Å². The van der Waals surface area contributed by atoms with Gasteiger partial charge in [0.05, 0.1) is 15.7 Å². The predicted octanol–water partition coefficient (Wildman–Crippen LogP) is 3.45. The van der Waals surface area contributed by atoms with Gasteiger partial charge in [-0.15, -0.1) is 0 Å². The highest BCUT2D eigenvalue weighted by Crippen LogP contribution is 2.31. The van der Waals surface area contributed by atoms with Crippen molar-refractivity contribution >= 4 is 34.8 Å². The standard InChI is InChI=1S/C13H16Cl2N2O/c14-10-2-1-3-11(15)12(10)17-13(18)8-4-6-9(16)7-5-8/h1-3,8-9H,4-7,16H2,(H,17,18). The lowest BCUT2D eigenvalue weighted by Crippen LogP contribution is -2.32. The fourth-order valence-electron chi connectivity index (χ4n) is 2.22. The van der Waals surface area contributed by atoms with Gasteiger partial charge < -0.3 is 11.1 Å². The SMILES string of the molecule is NC1CCC(C(=O)Nc2c(Cl)cccc2Cl)CC1. The molecule has 18 heavy (non-hydrogen) atoms. The molecule has 1 amide bonds. The molecule has 3 N–H and O–H groups in total. The Balaban J connectivity index is 2.03. The van der Waals surface area contributed by atoms with Gasteiger partial charge in [-0.2, -0.15) is 0 Å². The number of carbonyl (C=O) groups is 1. The van der Waals surface area contributed by atoms with E-state index in [0.717, 1.165) is 25.7 Å². The Kier molecular flexibility index (Phi) is 4.49. The number of amides is 1. The van der Waals surface area contributed by atoms with E-state index < -0.39 is 0 Å². The molecule has 0 radical (unpaired) electrons. The van der Waals surface area contributed by atoms with Crippen LogP contribution in [0.5, 0.6) is 0 Å². The Morgan fingerprint density at radius 1 is 1.17 bits per heavy atom. The molecule has 0 atom stereocenters. The molecule has 2 rings (SSSR count). The lowest BCUT2D eigenvalue weighted by molar-refractivity contribution is -0.120. The van der Waals surface area contributed by atoms with Gasteiger partial charge in [0.1, 0.15) is 0 Å². The van der Waals surface area contributed by atoms with Crippen LogP contribution in [0.4, 0.5) is 5.69 Å². The molecule has 5 heteroatoms. The Labute approximate surface area is 117 Å². The van der Waals surface area contributed by atoms with Gasteiger partial charge >= 0.3 is 0 Å². The summed E-state index contributed by atoms with van der Waals surface area (Å²) in [5, 5.41) is 3.74. The summed E-state index contributed by atoms with van der Waals surface area (Å²) in [6, 6.07) is 5.40. The van der Waals surface area contributed by atoms with Crippen molar-refractivity contribution in [1.29, 1.82) is 0 Å². The molecule has 0 aliphatic heterocycles. The van der Waals surface area contributed by atoms with Gasteiger partial charge in [-0.3, -0.25) is 4.79 Å². The number of nitrogens with two attached hydrogens (primary N) is 1. The molecular formula is C13H16Cl2N2O. The molecule has 1 aliphatic rings. The highest BCUT2D eigenvalue weighted by atomic mass is 35.5. The van der Waals surface area contributed by atoms with E-state index in [-0.39, 0.29) is 17.9 Å². The van der Waals surface area contributed by atoms with Crippen LogP contribution >= 0.6 is 23.2 Å². The van der Waals surface area contributed by atoms with E-state index in [0.29, 0.717) is 15.7 Å². The Hall–Kier alpha value is -0.770. The monoisotopic (exact) mass is 286 g/mol. The first-order valence-electron chi connectivity index (χ1n) is 6.08. The van der Waals surface area contributed by atoms with E-state index >= 15 is 0 Å². The Morgan fingerprint density at radius 3 is 2.28 bits per heavy atom. The quantitative estimate of drug-likeness (QED) is 0.875. The summed E-state index contributed by atoms with van der Waals surface area (Å²) in [6.07, 6.45) is 3.45. The predicted molar refractivity (Wildman–Crippen MR) is 75.0 cm³/mol. The van der Waals surface area contributed by atoms with E-state index in [4.69, 9.17) is 28.9 Å². The summed E-state index contributed by atoms with van der Waals surface area (Å²) in [7, 11) is 0. The summed E-state index contributed by atoms with van der Waals surface area (Å²) in [5.74, 6) is -0.00552. The maximum Gasteiger partial charge on any atom is 0.227 e. The molecule has 1 aromatic carbocycles. The third kappa shape index (κ3) is 3.16. The summed E-state index contributed by atoms with van der Waals surface area (Å²) < 4.78 is 0. The van der Waals surface area contributed by atoms with Crippen molar-refractivity contribution in [3.8, 4) is 0 Å². The van der Waals surface area contributed by atoms with Crippen molar-refractivity contribution in [2.45, 2.75) is 31.7 Å². The zero-order chi connectivity index (χ0) is 13.1. The first-order valence-corrected chi connectivity index (χ1v) is 6.84. The normalized spacial score (nSPS) is 23.7. The molecule has 98 valence electrons. The van der Waals surface area contributed by atoms with Crippen LogP contribution in [-0.4, -0.2) is 11.9 Å². The second kappa shape index (κ2) is 5.91. The van der Waals surface area contributed by atoms with Gasteiger partial charge in [-0.1, -0.05) is 29.3 Å². The van der Waals surface area contributed by atoms with Crippen LogP contribution in [0.2, 0.25) is 10.0 Å². The van der Waals surface area contributed by atoms with Gasteiger partial charge in [0.25, 0.3) is 0 Å². The van der Waals surface area contributed by atoms with E-state index in [1.807, 2.05) is 0 Å². The molecule has 0 spiro atoms. The third-order valence-electron chi connectivity index (χ3n) is 3.35. The van der Waals surface area contributed by atoms with Crippen molar-refractivity contribution in [1.82, 2.24) is 0 Å². The van der Waals surface area contributed by atoms with Gasteiger partial charge in [0.15, 0.2) is 0 Å². The molecule has 0 saturated heterocycles. The molecule has 1 aliphatic carbocycles. The number of benzene rings is 1. The molecule has 0 unspecified atom stereocenters. The van der Waals surface area contributed by atoms with Crippen molar-refractivity contribution in [2.24, 2.45) is 11.7 Å². The second-order valence-electron chi connectivity index (χ2n) is 4.70. The minimum atomic E-state index is -0.0168. The van der Waals surface area contributed by atoms with Crippen LogP contribution in [0.15, 0.2) is 18.2 Å². The van der Waals surface area contributed by atoms with Crippen molar-refractivity contribution < 1.29 is 4.79 Å². The average molecular weight is 287 g/mol. The van der Waals surface area contributed by atoms with E-state index in [1.54, 1.807) is 18.2 Å². The molecule has 1 aromatic rings. The maximum atomic E-state index is 12.1. The van der Waals surface area contributed by atoms with Gasteiger partial charge in [-0.05, 0) is 37.8 Å². The maximum absolute atomic E-state index is 12.1. The van der Waals surface area contributed by atoms with E-state index in [1.165, 1.54) is 0 Å². The fraction of sp³-hybridized carbons (Fsp3) is 0.462. The molecule has 1 saturated carbocycles. The largest absolute Gasteiger partial charge is 0.328 e. The minimum absolute atomic E-state index is 0.0112. The first kappa shape index (κ1) is 13.7. The lowest BCUT2D eigenvalue weighted by atomic mass is 9.86. The van der Waals surface area contributed by atoms with Crippen LogP contribution in [0.25, 0.3) is 0 Å². The van der Waals surface area contributed by atoms with Gasteiger partial charge in [-0.25, -0.2) is 0 Å². The molecule has 0 aromatic heterocycles. The Morgan fingerprint density at radius 2 is 1.72 bits per heavy atom. The van der Waals surface area contributed by atoms with Crippen LogP contribution in [0.3, 0.4) is 0 Å². The lowest BCUT2D eigenvalue weighted by Gasteiger charge is -2.25. The summed E-state index contributed by atoms with van der Waals surface area (Å²) in [4.78, 5) is 12.1. The number of hydrogen-bond donors (Lipinski definition) is 2. The summed E-state index contributed by atoms with van der Waals surface area (Å²) in [6.45, 7) is 0. The van der Waals surface area contributed by atoms with Crippen LogP contribution in [0, 0.1) is 5.92 Å². The summed E-state index contributed by atoms with van der Waals surface area (Å²) in [5.41, 5.74) is 6.32. The number of halogens is 2. The number of nitrogens with one attached hydrogen (secondary N) is 1. The molecular weight excluding hydrogens is 271 g/mol. The molecule has 0 bridgehead atoms. The first-order chi connectivity index (χ1) is 8.58. The molecule has 0 heterocycles. The van der Waals surface area contributed by atoms with Crippen molar-refractivity contribution in [2.75, 3.05) is 5.32 Å². The van der Waals surface area contributed by atoms with Gasteiger partial charge in [0.2, 0.25) is 5.91 Å². The van der Waals surface area contributed by atoms with E-state index in [2.05, 4.69) is 5.32 Å². The number of hydrogen-bond acceptors (Lipinski definition) is 2. The second-order valence-corrected chi connectivity index (χ2v) is 5.51. The number of para-hydroxylation sites is 1. The highest BCUT2D eigenvalue weighted by Gasteiger charge is 2.25. The van der Waals surface area contributed by atoms with Crippen LogP contribution in [0.1, 0.15) is 25.7 Å². The molecule has 3 nitrogen and oxygen atoms in total. The zero-order valence-electron chi connectivity index (χ0n) is 9.96. The average Bonchev–Trinajstić information content (AvgIpc) is 2.34. The Bertz CT molecular complexity index is 422. The highest BCUT2D eigenvalue weighted by molar-refractivity contribution is 6.39. The number of carbonyl (C=O) groups excluding carboxylic acids is 1. The van der Waals surface area contributed by atoms with Crippen LogP contribution < -0.4 is 11.1 Å². The number of anilines is 1. The smallest absolute Gasteiger partial charge is 0.227 e. The summed E-state index contributed by atoms with van der Waals surface area (Å²) >= 11 is 12.0. The number of rotatable bonds is 2. The van der Waals surface area contributed by atoms with Gasteiger partial charge in [0, 0.05) is 12.0 Å². The topological polar surface area (TPSA) is 55.1 Å².